The molecular weight excluding hydrogens is 326 g/mol. The summed E-state index contributed by atoms with van der Waals surface area (Å²) in [6, 6.07) is -0.0767. The van der Waals surface area contributed by atoms with E-state index in [1.54, 1.807) is 6.20 Å². The molecule has 8 nitrogen and oxygen atoms in total. The van der Waals surface area contributed by atoms with Gasteiger partial charge in [0.05, 0.1) is 11.9 Å². The van der Waals surface area contributed by atoms with Crippen LogP contribution in [-0.2, 0) is 6.54 Å². The predicted octanol–water partition coefficient (Wildman–Crippen LogP) is 2.05. The molecule has 0 spiro atoms. The molecule has 1 aliphatic heterocycles. The van der Waals surface area contributed by atoms with E-state index in [4.69, 9.17) is 0 Å². The third kappa shape index (κ3) is 4.02. The van der Waals surface area contributed by atoms with Crippen LogP contribution >= 0.6 is 11.5 Å². The van der Waals surface area contributed by atoms with Crippen LogP contribution in [0.2, 0.25) is 0 Å². The summed E-state index contributed by atoms with van der Waals surface area (Å²) >= 11 is 1.41. The van der Waals surface area contributed by atoms with Gasteiger partial charge in [0.2, 0.25) is 5.13 Å². The van der Waals surface area contributed by atoms with E-state index in [-0.39, 0.29) is 6.03 Å². The van der Waals surface area contributed by atoms with E-state index in [2.05, 4.69) is 38.5 Å². The maximum Gasteiger partial charge on any atom is 0.322 e. The lowest BCUT2D eigenvalue weighted by Gasteiger charge is -2.34. The second-order valence-corrected chi connectivity index (χ2v) is 7.10. The van der Waals surface area contributed by atoms with E-state index in [9.17, 15) is 4.79 Å². The highest BCUT2D eigenvalue weighted by molar-refractivity contribution is 7.09. The Morgan fingerprint density at radius 1 is 1.33 bits per heavy atom. The summed E-state index contributed by atoms with van der Waals surface area (Å²) in [6.45, 7) is 9.90. The molecule has 0 aliphatic carbocycles. The van der Waals surface area contributed by atoms with E-state index in [1.165, 1.54) is 11.5 Å². The first-order chi connectivity index (χ1) is 11.5. The first kappa shape index (κ1) is 16.7. The van der Waals surface area contributed by atoms with Crippen LogP contribution in [0.3, 0.4) is 0 Å². The minimum absolute atomic E-state index is 0.0767. The van der Waals surface area contributed by atoms with Crippen LogP contribution < -0.4 is 10.2 Å². The first-order valence-electron chi connectivity index (χ1n) is 8.15. The molecule has 1 N–H and O–H groups in total. The number of nitrogens with zero attached hydrogens (tertiary/aromatic N) is 6. The lowest BCUT2D eigenvalue weighted by molar-refractivity contribution is 0.208. The molecule has 0 saturated carbocycles. The van der Waals surface area contributed by atoms with Gasteiger partial charge in [0.1, 0.15) is 5.82 Å². The standard InChI is InChI=1S/C15H23N7OS/c1-11(2)9-22-10-13(8-16-22)18-14(23)20-4-6-21(7-5-20)15-17-12(3)19-24-15/h8,10-11H,4-7,9H2,1-3H3,(H,18,23). The Morgan fingerprint density at radius 3 is 2.71 bits per heavy atom. The largest absolute Gasteiger partial charge is 0.343 e. The second kappa shape index (κ2) is 7.16. The van der Waals surface area contributed by atoms with Crippen molar-refractivity contribution in [1.82, 2.24) is 24.0 Å². The van der Waals surface area contributed by atoms with Crippen LogP contribution in [0, 0.1) is 12.8 Å². The van der Waals surface area contributed by atoms with Crippen LogP contribution in [0.25, 0.3) is 0 Å². The smallest absolute Gasteiger partial charge is 0.322 e. The van der Waals surface area contributed by atoms with Crippen molar-refractivity contribution in [3.05, 3.63) is 18.2 Å². The fraction of sp³-hybridized carbons (Fsp3) is 0.600. The van der Waals surface area contributed by atoms with Gasteiger partial charge in [0, 0.05) is 50.5 Å². The van der Waals surface area contributed by atoms with Crippen molar-refractivity contribution in [3.63, 3.8) is 0 Å². The normalized spacial score (nSPS) is 15.2. The van der Waals surface area contributed by atoms with Crippen molar-refractivity contribution < 1.29 is 4.79 Å². The summed E-state index contributed by atoms with van der Waals surface area (Å²) in [7, 11) is 0. The van der Waals surface area contributed by atoms with Crippen LogP contribution in [0.1, 0.15) is 19.7 Å². The molecule has 9 heteroatoms. The molecule has 1 saturated heterocycles. The highest BCUT2D eigenvalue weighted by Crippen LogP contribution is 2.19. The Bertz CT molecular complexity index is 688. The number of piperazine rings is 1. The lowest BCUT2D eigenvalue weighted by atomic mass is 10.2. The average molecular weight is 349 g/mol. The molecule has 1 fully saturated rings. The summed E-state index contributed by atoms with van der Waals surface area (Å²) in [6.07, 6.45) is 3.57. The fourth-order valence-electron chi connectivity index (χ4n) is 2.62. The molecule has 3 heterocycles. The highest BCUT2D eigenvalue weighted by Gasteiger charge is 2.23. The van der Waals surface area contributed by atoms with Gasteiger partial charge in [-0.3, -0.25) is 4.68 Å². The van der Waals surface area contributed by atoms with Crippen LogP contribution in [0.5, 0.6) is 0 Å². The number of carbonyl (C=O) groups excluding carboxylic acids is 1. The molecule has 24 heavy (non-hydrogen) atoms. The number of aryl methyl sites for hydroxylation is 1. The zero-order chi connectivity index (χ0) is 17.1. The highest BCUT2D eigenvalue weighted by atomic mass is 32.1. The Kier molecular flexibility index (Phi) is 4.98. The molecule has 0 atom stereocenters. The molecule has 2 aromatic heterocycles. The molecule has 2 amide bonds. The number of rotatable bonds is 4. The van der Waals surface area contributed by atoms with Gasteiger partial charge in [-0.15, -0.1) is 0 Å². The van der Waals surface area contributed by atoms with Gasteiger partial charge in [-0.2, -0.15) is 9.47 Å². The molecule has 0 unspecified atom stereocenters. The first-order valence-corrected chi connectivity index (χ1v) is 8.92. The van der Waals surface area contributed by atoms with Crippen molar-refractivity contribution in [2.75, 3.05) is 36.4 Å². The Morgan fingerprint density at radius 2 is 2.08 bits per heavy atom. The molecule has 0 radical (unpaired) electrons. The van der Waals surface area contributed by atoms with Gasteiger partial charge < -0.3 is 15.1 Å². The number of hydrogen-bond acceptors (Lipinski definition) is 6. The average Bonchev–Trinajstić information content (AvgIpc) is 3.16. The summed E-state index contributed by atoms with van der Waals surface area (Å²) in [5.74, 6) is 1.32. The number of anilines is 2. The van der Waals surface area contributed by atoms with Crippen molar-refractivity contribution in [3.8, 4) is 0 Å². The number of aromatic nitrogens is 4. The van der Waals surface area contributed by atoms with E-state index < -0.39 is 0 Å². The van der Waals surface area contributed by atoms with Gasteiger partial charge in [0.15, 0.2) is 0 Å². The summed E-state index contributed by atoms with van der Waals surface area (Å²) < 4.78 is 6.07. The van der Waals surface area contributed by atoms with Gasteiger partial charge >= 0.3 is 6.03 Å². The molecule has 2 aromatic rings. The Balaban J connectivity index is 1.51. The van der Waals surface area contributed by atoms with Crippen molar-refractivity contribution in [1.29, 1.82) is 0 Å². The SMILES string of the molecule is Cc1nsc(N2CCN(C(=O)Nc3cnn(CC(C)C)c3)CC2)n1. The number of nitrogens with one attached hydrogen (secondary N) is 1. The minimum atomic E-state index is -0.0767. The Labute approximate surface area is 145 Å². The maximum absolute atomic E-state index is 12.4. The number of urea groups is 1. The zero-order valence-corrected chi connectivity index (χ0v) is 15.1. The maximum atomic E-state index is 12.4. The van der Waals surface area contributed by atoms with E-state index >= 15 is 0 Å². The molecule has 3 rings (SSSR count). The van der Waals surface area contributed by atoms with Crippen molar-refractivity contribution in [2.45, 2.75) is 27.3 Å². The molecule has 0 bridgehead atoms. The van der Waals surface area contributed by atoms with Crippen molar-refractivity contribution in [2.24, 2.45) is 5.92 Å². The predicted molar refractivity (Wildman–Crippen MR) is 94.5 cm³/mol. The summed E-state index contributed by atoms with van der Waals surface area (Å²) in [5, 5.41) is 8.13. The van der Waals surface area contributed by atoms with Crippen LogP contribution in [-0.4, -0.2) is 56.2 Å². The summed E-state index contributed by atoms with van der Waals surface area (Å²) in [4.78, 5) is 20.8. The van der Waals surface area contributed by atoms with E-state index in [0.29, 0.717) is 19.0 Å². The topological polar surface area (TPSA) is 79.2 Å². The minimum Gasteiger partial charge on any atom is -0.343 e. The van der Waals surface area contributed by atoms with Gasteiger partial charge in [-0.25, -0.2) is 9.78 Å². The number of amides is 2. The van der Waals surface area contributed by atoms with Gasteiger partial charge in [-0.05, 0) is 12.8 Å². The van der Waals surface area contributed by atoms with Gasteiger partial charge in [0.25, 0.3) is 0 Å². The molecule has 1 aliphatic rings. The molecular formula is C15H23N7OS. The van der Waals surface area contributed by atoms with Crippen molar-refractivity contribution >= 4 is 28.4 Å². The monoisotopic (exact) mass is 349 g/mol. The fourth-order valence-corrected chi connectivity index (χ4v) is 3.35. The quantitative estimate of drug-likeness (QED) is 0.914. The number of carbonyl (C=O) groups is 1. The summed E-state index contributed by atoms with van der Waals surface area (Å²) in [5.41, 5.74) is 0.739. The second-order valence-electron chi connectivity index (χ2n) is 6.37. The lowest BCUT2D eigenvalue weighted by Crippen LogP contribution is -2.50. The zero-order valence-electron chi connectivity index (χ0n) is 14.3. The van der Waals surface area contributed by atoms with Crippen LogP contribution in [0.15, 0.2) is 12.4 Å². The van der Waals surface area contributed by atoms with Gasteiger partial charge in [-0.1, -0.05) is 13.8 Å². The van der Waals surface area contributed by atoms with E-state index in [1.807, 2.05) is 22.7 Å². The third-order valence-electron chi connectivity index (χ3n) is 3.79. The Hall–Kier alpha value is -2.16. The molecule has 0 aromatic carbocycles. The van der Waals surface area contributed by atoms with Crippen LogP contribution in [0.4, 0.5) is 15.6 Å². The third-order valence-corrected chi connectivity index (χ3v) is 4.66. The molecule has 130 valence electrons. The van der Waals surface area contributed by atoms with E-state index in [0.717, 1.165) is 36.3 Å². The number of hydrogen-bond donors (Lipinski definition) is 1.